The van der Waals surface area contributed by atoms with Gasteiger partial charge < -0.3 is 10.4 Å². The minimum absolute atomic E-state index is 0.181. The third kappa shape index (κ3) is 5.27. The fraction of sp³-hybridized carbons (Fsp3) is 0.583. The van der Waals surface area contributed by atoms with Gasteiger partial charge in [-0.15, -0.1) is 11.3 Å². The van der Waals surface area contributed by atoms with E-state index < -0.39 is 11.9 Å². The van der Waals surface area contributed by atoms with E-state index in [1.54, 1.807) is 11.6 Å². The number of carbonyl (C=O) groups excluding carboxylic acids is 1. The highest BCUT2D eigenvalue weighted by Crippen LogP contribution is 2.18. The molecule has 0 radical (unpaired) electrons. The van der Waals surface area contributed by atoms with E-state index in [0.717, 1.165) is 0 Å². The van der Waals surface area contributed by atoms with Crippen LogP contribution in [0.5, 0.6) is 0 Å². The molecule has 1 amide bonds. The first-order chi connectivity index (χ1) is 8.49. The molecule has 0 bridgehead atoms. The number of thiazole rings is 1. The van der Waals surface area contributed by atoms with Crippen LogP contribution >= 0.6 is 11.3 Å². The minimum Gasteiger partial charge on any atom is -0.481 e. The van der Waals surface area contributed by atoms with Gasteiger partial charge >= 0.3 is 5.97 Å². The van der Waals surface area contributed by atoms with Gasteiger partial charge in [-0.1, -0.05) is 13.8 Å². The Bertz CT molecular complexity index is 390. The van der Waals surface area contributed by atoms with Gasteiger partial charge in [-0.25, -0.2) is 4.98 Å². The van der Waals surface area contributed by atoms with E-state index in [4.69, 9.17) is 5.11 Å². The van der Waals surface area contributed by atoms with Gasteiger partial charge in [0, 0.05) is 18.0 Å². The highest BCUT2D eigenvalue weighted by molar-refractivity contribution is 7.13. The van der Waals surface area contributed by atoms with Crippen LogP contribution in [0, 0.1) is 11.8 Å². The van der Waals surface area contributed by atoms with Crippen molar-refractivity contribution in [2.75, 3.05) is 5.32 Å². The van der Waals surface area contributed by atoms with Crippen LogP contribution in [0.2, 0.25) is 0 Å². The number of hydrogen-bond acceptors (Lipinski definition) is 4. The summed E-state index contributed by atoms with van der Waals surface area (Å²) in [6, 6.07) is 0. The molecule has 0 aromatic carbocycles. The maximum absolute atomic E-state index is 11.6. The number of rotatable bonds is 7. The molecule has 0 saturated heterocycles. The van der Waals surface area contributed by atoms with Crippen molar-refractivity contribution >= 4 is 28.3 Å². The van der Waals surface area contributed by atoms with Crippen molar-refractivity contribution in [1.82, 2.24) is 4.98 Å². The molecule has 18 heavy (non-hydrogen) atoms. The molecule has 0 saturated carbocycles. The van der Waals surface area contributed by atoms with Crippen LogP contribution in [0.4, 0.5) is 5.13 Å². The van der Waals surface area contributed by atoms with Gasteiger partial charge in [-0.3, -0.25) is 9.59 Å². The molecule has 1 atom stereocenters. The summed E-state index contributed by atoms with van der Waals surface area (Å²) in [5, 5.41) is 14.0. The average molecular weight is 270 g/mol. The zero-order valence-corrected chi connectivity index (χ0v) is 11.4. The van der Waals surface area contributed by atoms with E-state index in [1.165, 1.54) is 11.3 Å². The Hall–Kier alpha value is -1.43. The topological polar surface area (TPSA) is 79.3 Å². The molecule has 1 aromatic heterocycles. The molecule has 0 spiro atoms. The number of amides is 1. The molecule has 1 aromatic rings. The lowest BCUT2D eigenvalue weighted by atomic mass is 9.93. The van der Waals surface area contributed by atoms with Gasteiger partial charge in [-0.2, -0.15) is 0 Å². The first kappa shape index (κ1) is 14.6. The fourth-order valence-electron chi connectivity index (χ4n) is 1.68. The highest BCUT2D eigenvalue weighted by atomic mass is 32.1. The van der Waals surface area contributed by atoms with Crippen LogP contribution in [-0.4, -0.2) is 22.0 Å². The first-order valence-corrected chi connectivity index (χ1v) is 6.79. The molecule has 0 unspecified atom stereocenters. The Morgan fingerprint density at radius 1 is 1.50 bits per heavy atom. The van der Waals surface area contributed by atoms with Gasteiger partial charge in [0.2, 0.25) is 5.91 Å². The van der Waals surface area contributed by atoms with Crippen LogP contribution in [0.1, 0.15) is 33.1 Å². The molecular formula is C12H18N2O3S. The van der Waals surface area contributed by atoms with Gasteiger partial charge in [-0.05, 0) is 18.8 Å². The summed E-state index contributed by atoms with van der Waals surface area (Å²) >= 11 is 1.34. The predicted molar refractivity (Wildman–Crippen MR) is 70.6 cm³/mol. The molecule has 6 heteroatoms. The standard InChI is InChI=1S/C12H18N2O3S/c1-8(2)7-9(11(16)17)3-4-10(15)14-12-13-5-6-18-12/h5-6,8-9H,3-4,7H2,1-2H3,(H,16,17)(H,13,14,15)/t9-/m0/s1. The summed E-state index contributed by atoms with van der Waals surface area (Å²) in [5.74, 6) is -1.15. The zero-order valence-electron chi connectivity index (χ0n) is 10.5. The smallest absolute Gasteiger partial charge is 0.306 e. The summed E-state index contributed by atoms with van der Waals surface area (Å²) in [7, 11) is 0. The number of hydrogen-bond donors (Lipinski definition) is 2. The van der Waals surface area contributed by atoms with Crippen molar-refractivity contribution < 1.29 is 14.7 Å². The predicted octanol–water partition coefficient (Wildman–Crippen LogP) is 2.61. The number of carboxylic acid groups (broad SMARTS) is 1. The maximum atomic E-state index is 11.6. The second-order valence-corrected chi connectivity index (χ2v) is 5.48. The molecule has 0 aliphatic rings. The van der Waals surface area contributed by atoms with E-state index in [-0.39, 0.29) is 12.3 Å². The average Bonchev–Trinajstić information content (AvgIpc) is 2.76. The summed E-state index contributed by atoms with van der Waals surface area (Å²) in [6.45, 7) is 3.96. The van der Waals surface area contributed by atoms with Crippen molar-refractivity contribution in [3.8, 4) is 0 Å². The number of aliphatic carboxylic acids is 1. The van der Waals surface area contributed by atoms with Crippen molar-refractivity contribution in [1.29, 1.82) is 0 Å². The molecule has 0 aliphatic heterocycles. The van der Waals surface area contributed by atoms with Crippen molar-refractivity contribution in [2.45, 2.75) is 33.1 Å². The van der Waals surface area contributed by atoms with Crippen LogP contribution in [0.3, 0.4) is 0 Å². The van der Waals surface area contributed by atoms with Crippen molar-refractivity contribution in [2.24, 2.45) is 11.8 Å². The molecule has 1 heterocycles. The summed E-state index contributed by atoms with van der Waals surface area (Å²) in [5.41, 5.74) is 0. The molecule has 100 valence electrons. The number of nitrogens with one attached hydrogen (secondary N) is 1. The zero-order chi connectivity index (χ0) is 13.5. The molecule has 2 N–H and O–H groups in total. The highest BCUT2D eigenvalue weighted by Gasteiger charge is 2.20. The van der Waals surface area contributed by atoms with Crippen LogP contribution in [-0.2, 0) is 9.59 Å². The van der Waals surface area contributed by atoms with E-state index in [9.17, 15) is 9.59 Å². The Morgan fingerprint density at radius 2 is 2.22 bits per heavy atom. The maximum Gasteiger partial charge on any atom is 0.306 e. The fourth-order valence-corrected chi connectivity index (χ4v) is 2.23. The number of anilines is 1. The summed E-state index contributed by atoms with van der Waals surface area (Å²) in [6.07, 6.45) is 2.78. The van der Waals surface area contributed by atoms with Crippen molar-refractivity contribution in [3.05, 3.63) is 11.6 Å². The first-order valence-electron chi connectivity index (χ1n) is 5.91. The SMILES string of the molecule is CC(C)C[C@H](CCC(=O)Nc1nccs1)C(=O)O. The van der Waals surface area contributed by atoms with Gasteiger partial charge in [0.05, 0.1) is 5.92 Å². The molecule has 1 rings (SSSR count). The van der Waals surface area contributed by atoms with Gasteiger partial charge in [0.15, 0.2) is 5.13 Å². The normalized spacial score (nSPS) is 12.4. The molecule has 0 fully saturated rings. The van der Waals surface area contributed by atoms with Gasteiger partial charge in [0.1, 0.15) is 0 Å². The van der Waals surface area contributed by atoms with Crippen molar-refractivity contribution in [3.63, 3.8) is 0 Å². The largest absolute Gasteiger partial charge is 0.481 e. The number of carbonyl (C=O) groups is 2. The molecule has 0 aliphatic carbocycles. The van der Waals surface area contributed by atoms with Crippen LogP contribution in [0.15, 0.2) is 11.6 Å². The van der Waals surface area contributed by atoms with E-state index >= 15 is 0 Å². The Labute approximate surface area is 110 Å². The lowest BCUT2D eigenvalue weighted by molar-refractivity contribution is -0.142. The Morgan fingerprint density at radius 3 is 2.72 bits per heavy atom. The van der Waals surface area contributed by atoms with E-state index in [1.807, 2.05) is 13.8 Å². The van der Waals surface area contributed by atoms with Crippen LogP contribution in [0.25, 0.3) is 0 Å². The molecular weight excluding hydrogens is 252 g/mol. The minimum atomic E-state index is -0.828. The molecule has 5 nitrogen and oxygen atoms in total. The van der Waals surface area contributed by atoms with E-state index in [2.05, 4.69) is 10.3 Å². The monoisotopic (exact) mass is 270 g/mol. The third-order valence-electron chi connectivity index (χ3n) is 2.50. The Balaban J connectivity index is 2.37. The van der Waals surface area contributed by atoms with Crippen LogP contribution < -0.4 is 5.32 Å². The second kappa shape index (κ2) is 7.10. The number of nitrogens with zero attached hydrogens (tertiary/aromatic N) is 1. The Kier molecular flexibility index (Phi) is 5.77. The van der Waals surface area contributed by atoms with Gasteiger partial charge in [0.25, 0.3) is 0 Å². The van der Waals surface area contributed by atoms with E-state index in [0.29, 0.717) is 23.9 Å². The summed E-state index contributed by atoms with van der Waals surface area (Å²) in [4.78, 5) is 26.5. The number of carboxylic acids is 1. The number of aromatic nitrogens is 1. The lowest BCUT2D eigenvalue weighted by Gasteiger charge is -2.13. The lowest BCUT2D eigenvalue weighted by Crippen LogP contribution is -2.19. The quantitative estimate of drug-likeness (QED) is 0.798. The second-order valence-electron chi connectivity index (χ2n) is 4.59. The third-order valence-corrected chi connectivity index (χ3v) is 3.19. The summed E-state index contributed by atoms with van der Waals surface area (Å²) < 4.78 is 0.